The second kappa shape index (κ2) is 6.49. The molecule has 2 aromatic rings. The number of hydrogen-bond acceptors (Lipinski definition) is 1. The zero-order valence-electron chi connectivity index (χ0n) is 18.2. The Hall–Kier alpha value is -1.59. The fraction of sp³-hybridized carbons (Fsp3) is 0.417. The Morgan fingerprint density at radius 3 is 2.19 bits per heavy atom. The van der Waals surface area contributed by atoms with Crippen LogP contribution in [0.3, 0.4) is 0 Å². The molecule has 0 amide bonds. The Morgan fingerprint density at radius 1 is 0.926 bits per heavy atom. The number of rotatable bonds is 3. The van der Waals surface area contributed by atoms with E-state index >= 15 is 0 Å². The van der Waals surface area contributed by atoms with Crippen molar-refractivity contribution in [1.82, 2.24) is 0 Å². The molecule has 27 heavy (non-hydrogen) atoms. The summed E-state index contributed by atoms with van der Waals surface area (Å²) in [6.07, 6.45) is 5.57. The first-order chi connectivity index (χ1) is 12.4. The van der Waals surface area contributed by atoms with E-state index in [0.717, 1.165) is 6.42 Å². The van der Waals surface area contributed by atoms with Crippen molar-refractivity contribution in [3.05, 3.63) is 53.1 Å². The maximum atomic E-state index is 11.5. The van der Waals surface area contributed by atoms with Gasteiger partial charge in [-0.15, -0.1) is 0 Å². The largest absolute Gasteiger partial charge is 0.508 e. The lowest BCUT2D eigenvalue weighted by atomic mass is 10.1. The minimum Gasteiger partial charge on any atom is -0.508 e. The first-order valence-corrected chi connectivity index (χ1v) is 16.0. The first-order valence-electron chi connectivity index (χ1n) is 10.0. The summed E-state index contributed by atoms with van der Waals surface area (Å²) in [5.41, 5.74) is 4.08. The number of hydrogen-bond donors (Lipinski definition) is 1. The predicted octanol–water partition coefficient (Wildman–Crippen LogP) is 4.81. The normalized spacial score (nSPS) is 14.5. The van der Waals surface area contributed by atoms with Gasteiger partial charge in [-0.1, -0.05) is 95.0 Å². The van der Waals surface area contributed by atoms with Gasteiger partial charge >= 0.3 is 0 Å². The molecule has 0 aromatic heterocycles. The Bertz CT molecular complexity index is 915. The van der Waals surface area contributed by atoms with Gasteiger partial charge in [0.2, 0.25) is 0 Å². The Balaban J connectivity index is 2.24. The van der Waals surface area contributed by atoms with E-state index in [0.29, 0.717) is 5.75 Å². The maximum Gasteiger partial charge on any atom is 0.117 e. The lowest BCUT2D eigenvalue weighted by Gasteiger charge is -2.39. The number of phenols is 1. The molecule has 1 aliphatic carbocycles. The predicted molar refractivity (Wildman–Crippen MR) is 126 cm³/mol. The molecule has 0 heterocycles. The second-order valence-corrected chi connectivity index (χ2v) is 19.8. The van der Waals surface area contributed by atoms with Crippen LogP contribution in [0.5, 0.6) is 5.75 Å². The van der Waals surface area contributed by atoms with E-state index in [2.05, 4.69) is 96.4 Å². The van der Waals surface area contributed by atoms with Crippen LogP contribution in [0.4, 0.5) is 0 Å². The molecule has 2 aromatic carbocycles. The highest BCUT2D eigenvalue weighted by molar-refractivity contribution is 7.02. The van der Waals surface area contributed by atoms with Gasteiger partial charge in [-0.2, -0.15) is 0 Å². The molecule has 0 unspecified atom stereocenters. The standard InChI is InChI=1S/C24H34OSi2/c1-17-15-21(23(25)22(16-17)27(7,8)24(2,3)4)26(5,6)20-14-10-12-18-11-9-13-19(18)20/h9-10,12-16,25H,11H2,1-8H3. The number of aromatic hydroxyl groups is 1. The molecule has 0 saturated carbocycles. The Morgan fingerprint density at radius 2 is 1.56 bits per heavy atom. The van der Waals surface area contributed by atoms with Crippen LogP contribution in [0.1, 0.15) is 37.5 Å². The van der Waals surface area contributed by atoms with Crippen LogP contribution >= 0.6 is 0 Å². The van der Waals surface area contributed by atoms with E-state index in [1.807, 2.05) is 0 Å². The zero-order chi connectivity index (χ0) is 20.2. The van der Waals surface area contributed by atoms with E-state index < -0.39 is 16.1 Å². The quantitative estimate of drug-likeness (QED) is 0.741. The van der Waals surface area contributed by atoms with Crippen LogP contribution in [-0.4, -0.2) is 21.3 Å². The lowest BCUT2D eigenvalue weighted by Crippen LogP contribution is -2.57. The van der Waals surface area contributed by atoms with E-state index in [1.54, 1.807) is 0 Å². The third-order valence-corrected chi connectivity index (χ3v) is 16.0. The summed E-state index contributed by atoms with van der Waals surface area (Å²) in [7, 11) is -3.87. The van der Waals surface area contributed by atoms with Gasteiger partial charge in [0, 0.05) is 0 Å². The number of benzene rings is 2. The summed E-state index contributed by atoms with van der Waals surface area (Å²) in [5, 5.41) is 15.5. The van der Waals surface area contributed by atoms with Crippen molar-refractivity contribution in [2.24, 2.45) is 0 Å². The van der Waals surface area contributed by atoms with E-state index in [-0.39, 0.29) is 5.04 Å². The third-order valence-electron chi connectivity index (χ3n) is 6.97. The van der Waals surface area contributed by atoms with Crippen molar-refractivity contribution < 1.29 is 5.11 Å². The van der Waals surface area contributed by atoms with Gasteiger partial charge in [0.05, 0.1) is 8.07 Å². The van der Waals surface area contributed by atoms with Gasteiger partial charge in [-0.05, 0) is 45.1 Å². The minimum atomic E-state index is -2.04. The van der Waals surface area contributed by atoms with Crippen molar-refractivity contribution in [1.29, 1.82) is 0 Å². The van der Waals surface area contributed by atoms with Gasteiger partial charge in [-0.25, -0.2) is 0 Å². The Labute approximate surface area is 167 Å². The van der Waals surface area contributed by atoms with Gasteiger partial charge < -0.3 is 5.11 Å². The van der Waals surface area contributed by atoms with E-state index in [4.69, 9.17) is 0 Å². The number of phenolic OH excluding ortho intramolecular Hbond substituents is 1. The van der Waals surface area contributed by atoms with Gasteiger partial charge in [0.25, 0.3) is 0 Å². The molecule has 0 bridgehead atoms. The fourth-order valence-corrected chi connectivity index (χ4v) is 9.40. The highest BCUT2D eigenvalue weighted by Gasteiger charge is 2.41. The molecule has 0 spiro atoms. The SMILES string of the molecule is Cc1cc([Si](C)(C)c2cccc3c2C=CC3)c(O)c([Si](C)(C)C(C)(C)C)c1. The number of allylic oxidation sites excluding steroid dienone is 1. The summed E-state index contributed by atoms with van der Waals surface area (Å²) in [6.45, 7) is 18.7. The average Bonchev–Trinajstić information content (AvgIpc) is 3.03. The monoisotopic (exact) mass is 394 g/mol. The molecule has 0 saturated heterocycles. The zero-order valence-corrected chi connectivity index (χ0v) is 20.2. The van der Waals surface area contributed by atoms with Crippen LogP contribution in [-0.2, 0) is 6.42 Å². The van der Waals surface area contributed by atoms with E-state index in [1.165, 1.54) is 32.3 Å². The summed E-state index contributed by atoms with van der Waals surface area (Å²) in [5.74, 6) is 0.573. The van der Waals surface area contributed by atoms with Crippen molar-refractivity contribution >= 4 is 37.8 Å². The molecule has 1 nitrogen and oxygen atoms in total. The van der Waals surface area contributed by atoms with Crippen LogP contribution in [0.15, 0.2) is 36.4 Å². The molecule has 3 heteroatoms. The molecular weight excluding hydrogens is 360 g/mol. The molecule has 0 atom stereocenters. The van der Waals surface area contributed by atoms with Crippen molar-refractivity contribution in [2.45, 2.75) is 65.3 Å². The molecule has 3 rings (SSSR count). The average molecular weight is 395 g/mol. The molecular formula is C24H34OSi2. The topological polar surface area (TPSA) is 20.2 Å². The Kier molecular flexibility index (Phi) is 4.84. The molecule has 1 N–H and O–H groups in total. The van der Waals surface area contributed by atoms with Crippen LogP contribution in [0, 0.1) is 6.92 Å². The number of aryl methyl sites for hydroxylation is 1. The summed E-state index contributed by atoms with van der Waals surface area (Å²) in [6, 6.07) is 11.2. The summed E-state index contributed by atoms with van der Waals surface area (Å²) in [4.78, 5) is 0. The number of fused-ring (bicyclic) bond motifs is 1. The molecule has 144 valence electrons. The molecule has 1 aliphatic rings. The molecule has 0 fully saturated rings. The minimum absolute atomic E-state index is 0.192. The van der Waals surface area contributed by atoms with Crippen LogP contribution in [0.2, 0.25) is 31.2 Å². The van der Waals surface area contributed by atoms with Gasteiger partial charge in [-0.3, -0.25) is 0 Å². The molecule has 0 radical (unpaired) electrons. The van der Waals surface area contributed by atoms with Gasteiger partial charge in [0.1, 0.15) is 13.8 Å². The van der Waals surface area contributed by atoms with Crippen molar-refractivity contribution in [3.63, 3.8) is 0 Å². The fourth-order valence-electron chi connectivity index (χ4n) is 4.12. The molecule has 0 aliphatic heterocycles. The van der Waals surface area contributed by atoms with Crippen LogP contribution in [0.25, 0.3) is 6.08 Å². The highest BCUT2D eigenvalue weighted by atomic mass is 28.3. The summed E-state index contributed by atoms with van der Waals surface area (Å²) >= 11 is 0. The first kappa shape index (κ1) is 20.2. The van der Waals surface area contributed by atoms with Crippen LogP contribution < -0.4 is 15.6 Å². The second-order valence-electron chi connectivity index (χ2n) is 10.2. The van der Waals surface area contributed by atoms with E-state index in [9.17, 15) is 5.11 Å². The van der Waals surface area contributed by atoms with Crippen molar-refractivity contribution in [2.75, 3.05) is 0 Å². The smallest absolute Gasteiger partial charge is 0.117 e. The third kappa shape index (κ3) is 3.25. The lowest BCUT2D eigenvalue weighted by molar-refractivity contribution is 0.482. The van der Waals surface area contributed by atoms with Crippen molar-refractivity contribution in [3.8, 4) is 5.75 Å². The maximum absolute atomic E-state index is 11.5. The highest BCUT2D eigenvalue weighted by Crippen LogP contribution is 2.37. The van der Waals surface area contributed by atoms with Gasteiger partial charge in [0.15, 0.2) is 0 Å². The summed E-state index contributed by atoms with van der Waals surface area (Å²) < 4.78 is 0.